The third-order valence-electron chi connectivity index (χ3n) is 2.60. The van der Waals surface area contributed by atoms with Gasteiger partial charge in [0.05, 0.1) is 5.92 Å². The van der Waals surface area contributed by atoms with Gasteiger partial charge in [0.25, 0.3) is 0 Å². The molecule has 1 heterocycles. The van der Waals surface area contributed by atoms with Gasteiger partial charge in [0, 0.05) is 19.5 Å². The van der Waals surface area contributed by atoms with Gasteiger partial charge in [0.2, 0.25) is 0 Å². The van der Waals surface area contributed by atoms with Gasteiger partial charge in [-0.2, -0.15) is 0 Å². The van der Waals surface area contributed by atoms with Crippen LogP contribution in [0.2, 0.25) is 0 Å². The number of ether oxygens (including phenoxy) is 1. The smallest absolute Gasteiger partial charge is 0.313 e. The highest BCUT2D eigenvalue weighted by Crippen LogP contribution is 2.13. The molecule has 1 aromatic carbocycles. The van der Waals surface area contributed by atoms with E-state index < -0.39 is 5.56 Å². The van der Waals surface area contributed by atoms with Gasteiger partial charge in [-0.05, 0) is 5.56 Å². The van der Waals surface area contributed by atoms with Crippen molar-refractivity contribution in [3.8, 4) is 0 Å². The van der Waals surface area contributed by atoms with Gasteiger partial charge in [-0.3, -0.25) is 4.79 Å². The summed E-state index contributed by atoms with van der Waals surface area (Å²) in [5, 5.41) is 3.02. The molecule has 0 saturated carbocycles. The summed E-state index contributed by atoms with van der Waals surface area (Å²) in [5.41, 5.74) is 0.498. The molecule has 0 aliphatic carbocycles. The van der Waals surface area contributed by atoms with Crippen molar-refractivity contribution in [1.29, 1.82) is 0 Å². The van der Waals surface area contributed by atoms with Crippen LogP contribution in [0.3, 0.4) is 0 Å². The number of alkyl halides is 1. The Morgan fingerprint density at radius 2 is 2.06 bits per heavy atom. The lowest BCUT2D eigenvalue weighted by molar-refractivity contribution is -0.152. The molecule has 1 saturated heterocycles. The SMILES string of the molecule is Cl.O=C(OC(Cl)Cc1ccccc1)C1CNC1. The molecule has 1 unspecified atom stereocenters. The molecule has 0 spiro atoms. The van der Waals surface area contributed by atoms with E-state index in [1.807, 2.05) is 30.3 Å². The normalized spacial score (nSPS) is 16.5. The number of nitrogens with one attached hydrogen (secondary N) is 1. The van der Waals surface area contributed by atoms with Crippen molar-refractivity contribution in [3.05, 3.63) is 35.9 Å². The molecule has 0 amide bonds. The third-order valence-corrected chi connectivity index (χ3v) is 2.84. The van der Waals surface area contributed by atoms with Crippen molar-refractivity contribution < 1.29 is 9.53 Å². The van der Waals surface area contributed by atoms with Crippen LogP contribution in [0.5, 0.6) is 0 Å². The Balaban J connectivity index is 0.00000144. The summed E-state index contributed by atoms with van der Waals surface area (Å²) in [5.74, 6) is -0.216. The third kappa shape index (κ3) is 4.19. The quantitative estimate of drug-likeness (QED) is 0.675. The summed E-state index contributed by atoms with van der Waals surface area (Å²) in [4.78, 5) is 11.5. The molecule has 0 bridgehead atoms. The Bertz CT molecular complexity index is 355. The van der Waals surface area contributed by atoms with E-state index in [4.69, 9.17) is 16.3 Å². The highest BCUT2D eigenvalue weighted by molar-refractivity contribution is 6.20. The fraction of sp³-hybridized carbons (Fsp3) is 0.417. The van der Waals surface area contributed by atoms with Crippen LogP contribution in [0.1, 0.15) is 5.56 Å². The average Bonchev–Trinajstić information content (AvgIpc) is 2.15. The van der Waals surface area contributed by atoms with E-state index in [0.717, 1.165) is 5.56 Å². The lowest BCUT2D eigenvalue weighted by Gasteiger charge is -2.26. The first-order chi connectivity index (χ1) is 7.75. The van der Waals surface area contributed by atoms with Gasteiger partial charge in [0.1, 0.15) is 0 Å². The van der Waals surface area contributed by atoms with Crippen molar-refractivity contribution in [1.82, 2.24) is 5.32 Å². The van der Waals surface area contributed by atoms with Crippen molar-refractivity contribution in [2.75, 3.05) is 13.1 Å². The zero-order valence-corrected chi connectivity index (χ0v) is 10.8. The monoisotopic (exact) mass is 275 g/mol. The summed E-state index contributed by atoms with van der Waals surface area (Å²) >= 11 is 5.97. The van der Waals surface area contributed by atoms with E-state index in [2.05, 4.69) is 5.32 Å². The predicted molar refractivity (Wildman–Crippen MR) is 69.5 cm³/mol. The lowest BCUT2D eigenvalue weighted by atomic mass is 10.0. The Hall–Kier alpha value is -0.770. The molecule has 1 aliphatic rings. The van der Waals surface area contributed by atoms with E-state index in [0.29, 0.717) is 19.5 Å². The van der Waals surface area contributed by atoms with Crippen LogP contribution in [0, 0.1) is 5.92 Å². The molecule has 1 fully saturated rings. The predicted octanol–water partition coefficient (Wildman–Crippen LogP) is 1.98. The van der Waals surface area contributed by atoms with Crippen LogP contribution in [0.25, 0.3) is 0 Å². The minimum atomic E-state index is -0.574. The van der Waals surface area contributed by atoms with Crippen LogP contribution in [-0.4, -0.2) is 24.6 Å². The van der Waals surface area contributed by atoms with Gasteiger partial charge in [-0.25, -0.2) is 0 Å². The second-order valence-electron chi connectivity index (χ2n) is 3.89. The van der Waals surface area contributed by atoms with Gasteiger partial charge in [0.15, 0.2) is 5.56 Å². The van der Waals surface area contributed by atoms with E-state index in [1.165, 1.54) is 0 Å². The first-order valence-corrected chi connectivity index (χ1v) is 5.78. The summed E-state index contributed by atoms with van der Waals surface area (Å²) in [6, 6.07) is 9.76. The molecule has 1 aliphatic heterocycles. The number of halogens is 2. The number of hydrogen-bond donors (Lipinski definition) is 1. The molecule has 1 atom stereocenters. The van der Waals surface area contributed by atoms with Gasteiger partial charge >= 0.3 is 5.97 Å². The number of carbonyl (C=O) groups excluding carboxylic acids is 1. The zero-order chi connectivity index (χ0) is 11.4. The Morgan fingerprint density at radius 3 is 2.59 bits per heavy atom. The van der Waals surface area contributed by atoms with Crippen molar-refractivity contribution in [3.63, 3.8) is 0 Å². The number of rotatable bonds is 4. The Kier molecular flexibility index (Phi) is 5.75. The minimum absolute atomic E-state index is 0. The second kappa shape index (κ2) is 6.84. The lowest BCUT2D eigenvalue weighted by Crippen LogP contribution is -2.47. The van der Waals surface area contributed by atoms with Crippen LogP contribution >= 0.6 is 24.0 Å². The van der Waals surface area contributed by atoms with E-state index >= 15 is 0 Å². The fourth-order valence-corrected chi connectivity index (χ4v) is 1.78. The number of esters is 1. The van der Waals surface area contributed by atoms with E-state index in [1.54, 1.807) is 0 Å². The molecule has 3 nitrogen and oxygen atoms in total. The molecular formula is C12H15Cl2NO2. The van der Waals surface area contributed by atoms with Crippen LogP contribution in [0.4, 0.5) is 0 Å². The van der Waals surface area contributed by atoms with Crippen LogP contribution in [-0.2, 0) is 16.0 Å². The van der Waals surface area contributed by atoms with Gasteiger partial charge in [-0.1, -0.05) is 41.9 Å². The maximum atomic E-state index is 11.5. The Morgan fingerprint density at radius 1 is 1.41 bits per heavy atom. The molecule has 2 rings (SSSR count). The molecular weight excluding hydrogens is 261 g/mol. The average molecular weight is 276 g/mol. The number of hydrogen-bond acceptors (Lipinski definition) is 3. The zero-order valence-electron chi connectivity index (χ0n) is 9.27. The van der Waals surface area contributed by atoms with Crippen molar-refractivity contribution >= 4 is 30.0 Å². The molecule has 1 aromatic rings. The molecule has 17 heavy (non-hydrogen) atoms. The summed E-state index contributed by atoms with van der Waals surface area (Å²) < 4.78 is 5.14. The fourth-order valence-electron chi connectivity index (χ4n) is 1.52. The summed E-state index contributed by atoms with van der Waals surface area (Å²) in [7, 11) is 0. The van der Waals surface area contributed by atoms with Crippen molar-refractivity contribution in [2.45, 2.75) is 12.0 Å². The van der Waals surface area contributed by atoms with Crippen molar-refractivity contribution in [2.24, 2.45) is 5.92 Å². The maximum Gasteiger partial charge on any atom is 0.313 e. The molecule has 0 radical (unpaired) electrons. The minimum Gasteiger partial charge on any atom is -0.445 e. The number of carbonyl (C=O) groups is 1. The summed E-state index contributed by atoms with van der Waals surface area (Å²) in [6.07, 6.45) is 0.550. The highest BCUT2D eigenvalue weighted by atomic mass is 35.5. The molecule has 1 N–H and O–H groups in total. The first kappa shape index (κ1) is 14.3. The van der Waals surface area contributed by atoms with E-state index in [9.17, 15) is 4.79 Å². The molecule has 0 aromatic heterocycles. The molecule has 5 heteroatoms. The Labute approximate surface area is 112 Å². The van der Waals surface area contributed by atoms with E-state index in [-0.39, 0.29) is 24.3 Å². The standard InChI is InChI=1S/C12H14ClNO2.ClH/c13-11(6-9-4-2-1-3-5-9)16-12(15)10-7-14-8-10;/h1-5,10-11,14H,6-8H2;1H. The largest absolute Gasteiger partial charge is 0.445 e. The van der Waals surface area contributed by atoms with Gasteiger partial charge in [-0.15, -0.1) is 12.4 Å². The molecule has 94 valence electrons. The highest BCUT2D eigenvalue weighted by Gasteiger charge is 2.27. The summed E-state index contributed by atoms with van der Waals surface area (Å²) in [6.45, 7) is 1.40. The number of benzene rings is 1. The van der Waals surface area contributed by atoms with Gasteiger partial charge < -0.3 is 10.1 Å². The van der Waals surface area contributed by atoms with Crippen LogP contribution < -0.4 is 5.32 Å². The second-order valence-corrected chi connectivity index (χ2v) is 4.38. The first-order valence-electron chi connectivity index (χ1n) is 5.35. The van der Waals surface area contributed by atoms with Crippen LogP contribution in [0.15, 0.2) is 30.3 Å². The maximum absolute atomic E-state index is 11.5. The topological polar surface area (TPSA) is 38.3 Å².